The van der Waals surface area contributed by atoms with E-state index in [0.717, 1.165) is 6.07 Å². The van der Waals surface area contributed by atoms with Gasteiger partial charge in [0.15, 0.2) is 17.0 Å². The molecule has 0 aliphatic carbocycles. The smallest absolute Gasteiger partial charge is 0.433 e. The molecule has 10 heteroatoms. The van der Waals surface area contributed by atoms with Crippen LogP contribution in [0.25, 0.3) is 16.9 Å². The molecular formula is C21H21F3N4O3. The van der Waals surface area contributed by atoms with E-state index in [4.69, 9.17) is 9.47 Å². The van der Waals surface area contributed by atoms with Crippen molar-refractivity contribution in [2.45, 2.75) is 25.1 Å². The topological polar surface area (TPSA) is 69.0 Å². The lowest BCUT2D eigenvalue weighted by Gasteiger charge is -2.30. The zero-order valence-electron chi connectivity index (χ0n) is 17.0. The molecule has 1 saturated heterocycles. The number of rotatable bonds is 4. The van der Waals surface area contributed by atoms with E-state index in [1.54, 1.807) is 36.3 Å². The summed E-state index contributed by atoms with van der Waals surface area (Å²) >= 11 is 0. The number of benzene rings is 1. The summed E-state index contributed by atoms with van der Waals surface area (Å²) in [6, 6.07) is 8.76. The molecule has 0 unspecified atom stereocenters. The Bertz CT molecular complexity index is 1090. The van der Waals surface area contributed by atoms with E-state index < -0.39 is 17.8 Å². The zero-order valence-corrected chi connectivity index (χ0v) is 17.0. The molecular weight excluding hydrogens is 413 g/mol. The second kappa shape index (κ2) is 8.18. The molecule has 31 heavy (non-hydrogen) atoms. The summed E-state index contributed by atoms with van der Waals surface area (Å²) in [5.41, 5.74) is -0.497. The van der Waals surface area contributed by atoms with Crippen LogP contribution >= 0.6 is 0 Å². The lowest BCUT2D eigenvalue weighted by atomic mass is 10.1. The Hall–Kier alpha value is -3.14. The standard InChI is InChI=1S/C21H21F3N4O3/c1-30-14-5-3-13(4-6-14)16-11-18(21(22,23)24)28-19(25-16)12-17(26-28)20(29)27-9-7-15(31-2)8-10-27/h3-6,11-12,15H,7-10H2,1-2H3. The van der Waals surface area contributed by atoms with Crippen LogP contribution in [0.2, 0.25) is 0 Å². The van der Waals surface area contributed by atoms with Crippen LogP contribution in [0.5, 0.6) is 5.75 Å². The van der Waals surface area contributed by atoms with E-state index in [-0.39, 0.29) is 23.1 Å². The molecule has 3 aromatic rings. The first-order valence-electron chi connectivity index (χ1n) is 9.74. The minimum Gasteiger partial charge on any atom is -0.497 e. The molecule has 0 saturated carbocycles. The van der Waals surface area contributed by atoms with Crippen LogP contribution in [-0.4, -0.2) is 58.8 Å². The first kappa shape index (κ1) is 21.1. The molecule has 1 aliphatic heterocycles. The number of fused-ring (bicyclic) bond motifs is 1. The van der Waals surface area contributed by atoms with Crippen LogP contribution in [-0.2, 0) is 10.9 Å². The molecule has 7 nitrogen and oxygen atoms in total. The number of hydrogen-bond acceptors (Lipinski definition) is 5. The SMILES string of the molecule is COc1ccc(-c2cc(C(F)(F)F)n3nc(C(=O)N4CCC(OC)CC4)cc3n2)cc1. The van der Waals surface area contributed by atoms with Gasteiger partial charge in [-0.3, -0.25) is 4.79 Å². The summed E-state index contributed by atoms with van der Waals surface area (Å²) < 4.78 is 52.4. The van der Waals surface area contributed by atoms with Crippen LogP contribution in [0.15, 0.2) is 36.4 Å². The molecule has 3 heterocycles. The largest absolute Gasteiger partial charge is 0.497 e. The second-order valence-electron chi connectivity index (χ2n) is 7.28. The number of alkyl halides is 3. The van der Waals surface area contributed by atoms with Crippen LogP contribution in [0.1, 0.15) is 29.0 Å². The molecule has 1 aliphatic rings. The van der Waals surface area contributed by atoms with Gasteiger partial charge in [0.05, 0.1) is 18.9 Å². The first-order chi connectivity index (χ1) is 14.8. The van der Waals surface area contributed by atoms with Crippen LogP contribution in [0.3, 0.4) is 0 Å². The average Bonchev–Trinajstić information content (AvgIpc) is 3.21. The van der Waals surface area contributed by atoms with Crippen molar-refractivity contribution >= 4 is 11.6 Å². The third kappa shape index (κ3) is 4.20. The van der Waals surface area contributed by atoms with Gasteiger partial charge in [-0.25, -0.2) is 9.50 Å². The Morgan fingerprint density at radius 1 is 1.10 bits per heavy atom. The van der Waals surface area contributed by atoms with Crippen molar-refractivity contribution in [3.05, 3.63) is 47.8 Å². The third-order valence-corrected chi connectivity index (χ3v) is 5.39. The average molecular weight is 434 g/mol. The molecule has 0 bridgehead atoms. The van der Waals surface area contributed by atoms with Crippen LogP contribution in [0, 0.1) is 0 Å². The van der Waals surface area contributed by atoms with Crippen molar-refractivity contribution in [2.75, 3.05) is 27.3 Å². The predicted octanol–water partition coefficient (Wildman–Crippen LogP) is 3.67. The van der Waals surface area contributed by atoms with Crippen molar-refractivity contribution in [1.29, 1.82) is 0 Å². The summed E-state index contributed by atoms with van der Waals surface area (Å²) in [6.45, 7) is 0.920. The molecule has 2 aromatic heterocycles. The third-order valence-electron chi connectivity index (χ3n) is 5.39. The van der Waals surface area contributed by atoms with E-state index in [9.17, 15) is 18.0 Å². The number of piperidine rings is 1. The number of carbonyl (C=O) groups is 1. The number of likely N-dealkylation sites (tertiary alicyclic amines) is 1. The van der Waals surface area contributed by atoms with Gasteiger partial charge in [-0.15, -0.1) is 0 Å². The van der Waals surface area contributed by atoms with Crippen LogP contribution in [0.4, 0.5) is 13.2 Å². The maximum atomic E-state index is 13.8. The molecule has 0 spiro atoms. The maximum absolute atomic E-state index is 13.8. The van der Waals surface area contributed by atoms with Crippen molar-refractivity contribution < 1.29 is 27.4 Å². The minimum absolute atomic E-state index is 0.0456. The minimum atomic E-state index is -4.68. The number of carbonyl (C=O) groups excluding carboxylic acids is 1. The summed E-state index contributed by atoms with van der Waals surface area (Å²) in [4.78, 5) is 18.7. The van der Waals surface area contributed by atoms with Crippen molar-refractivity contribution in [3.63, 3.8) is 0 Å². The summed E-state index contributed by atoms with van der Waals surface area (Å²) in [5, 5.41) is 3.95. The second-order valence-corrected chi connectivity index (χ2v) is 7.28. The van der Waals surface area contributed by atoms with Gasteiger partial charge in [0.1, 0.15) is 5.75 Å². The monoisotopic (exact) mass is 434 g/mol. The highest BCUT2D eigenvalue weighted by Gasteiger charge is 2.36. The van der Waals surface area contributed by atoms with Gasteiger partial charge < -0.3 is 14.4 Å². The lowest BCUT2D eigenvalue weighted by Crippen LogP contribution is -2.40. The Balaban J connectivity index is 1.72. The number of nitrogens with zero attached hydrogens (tertiary/aromatic N) is 4. The summed E-state index contributed by atoms with van der Waals surface area (Å²) in [6.07, 6.45) is -3.26. The number of hydrogen-bond donors (Lipinski definition) is 0. The molecule has 164 valence electrons. The van der Waals surface area contributed by atoms with Crippen molar-refractivity contribution in [2.24, 2.45) is 0 Å². The van der Waals surface area contributed by atoms with E-state index in [2.05, 4.69) is 10.1 Å². The highest BCUT2D eigenvalue weighted by molar-refractivity contribution is 5.93. The van der Waals surface area contributed by atoms with E-state index in [1.807, 2.05) is 0 Å². The number of halogens is 3. The summed E-state index contributed by atoms with van der Waals surface area (Å²) in [5.74, 6) is 0.162. The predicted molar refractivity (Wildman–Crippen MR) is 106 cm³/mol. The number of methoxy groups -OCH3 is 2. The highest BCUT2D eigenvalue weighted by atomic mass is 19.4. The van der Waals surface area contributed by atoms with Gasteiger partial charge in [-0.2, -0.15) is 18.3 Å². The van der Waals surface area contributed by atoms with Gasteiger partial charge >= 0.3 is 6.18 Å². The van der Waals surface area contributed by atoms with E-state index in [0.29, 0.717) is 41.8 Å². The Morgan fingerprint density at radius 3 is 2.35 bits per heavy atom. The zero-order chi connectivity index (χ0) is 22.2. The quantitative estimate of drug-likeness (QED) is 0.627. The molecule has 0 atom stereocenters. The van der Waals surface area contributed by atoms with Crippen molar-refractivity contribution in [1.82, 2.24) is 19.5 Å². The molecule has 0 N–H and O–H groups in total. The molecule has 0 radical (unpaired) electrons. The van der Waals surface area contributed by atoms with Gasteiger partial charge in [-0.05, 0) is 43.2 Å². The normalized spacial score (nSPS) is 15.5. The number of ether oxygens (including phenoxy) is 2. The Labute approximate surface area is 176 Å². The van der Waals surface area contributed by atoms with Gasteiger partial charge in [0.25, 0.3) is 5.91 Å². The Kier molecular flexibility index (Phi) is 5.57. The maximum Gasteiger partial charge on any atom is 0.433 e. The fourth-order valence-electron chi connectivity index (χ4n) is 3.65. The van der Waals surface area contributed by atoms with Gasteiger partial charge in [0.2, 0.25) is 0 Å². The fourth-order valence-corrected chi connectivity index (χ4v) is 3.65. The van der Waals surface area contributed by atoms with E-state index >= 15 is 0 Å². The van der Waals surface area contributed by atoms with Gasteiger partial charge in [0, 0.05) is 31.8 Å². The molecule has 4 rings (SSSR count). The first-order valence-corrected chi connectivity index (χ1v) is 9.74. The Morgan fingerprint density at radius 2 is 1.77 bits per heavy atom. The molecule has 1 aromatic carbocycles. The molecule has 1 fully saturated rings. The van der Waals surface area contributed by atoms with Crippen molar-refractivity contribution in [3.8, 4) is 17.0 Å². The van der Waals surface area contributed by atoms with Crippen LogP contribution < -0.4 is 4.74 Å². The highest BCUT2D eigenvalue weighted by Crippen LogP contribution is 2.33. The van der Waals surface area contributed by atoms with Gasteiger partial charge in [-0.1, -0.05) is 0 Å². The lowest BCUT2D eigenvalue weighted by molar-refractivity contribution is -0.142. The fraction of sp³-hybridized carbons (Fsp3) is 0.381. The summed E-state index contributed by atoms with van der Waals surface area (Å²) in [7, 11) is 3.12. The number of amides is 1. The number of aromatic nitrogens is 3. The van der Waals surface area contributed by atoms with E-state index in [1.165, 1.54) is 13.2 Å². The molecule has 1 amide bonds.